The number of rotatable bonds is 3. The molecule has 6 aromatic rings. The van der Waals surface area contributed by atoms with Gasteiger partial charge in [0.2, 0.25) is 0 Å². The highest BCUT2D eigenvalue weighted by Gasteiger charge is 2.26. The van der Waals surface area contributed by atoms with Crippen molar-refractivity contribution >= 4 is 73.6 Å². The Balaban J connectivity index is 0.973. The minimum absolute atomic E-state index is 0.170. The number of fused-ring (bicyclic) bond motifs is 6. The lowest BCUT2D eigenvalue weighted by molar-refractivity contribution is 0.256. The van der Waals surface area contributed by atoms with E-state index in [-0.39, 0.29) is 18.3 Å². The number of amides is 2. The molecule has 2 aliphatic heterocycles. The van der Waals surface area contributed by atoms with E-state index in [4.69, 9.17) is 14.6 Å². The molecule has 0 fully saturated rings. The molecule has 2 aromatic heterocycles. The highest BCUT2D eigenvalue weighted by molar-refractivity contribution is 6.10. The number of nitrogens with one attached hydrogen (secondary N) is 1. The Morgan fingerprint density at radius 3 is 1.84 bits per heavy atom. The molecule has 222 valence electrons. The van der Waals surface area contributed by atoms with Gasteiger partial charge in [0.15, 0.2) is 11.2 Å². The van der Waals surface area contributed by atoms with Crippen LogP contribution < -0.4 is 9.80 Å². The van der Waals surface area contributed by atoms with Crippen LogP contribution in [0.4, 0.5) is 16.2 Å². The van der Waals surface area contributed by atoms with Crippen LogP contribution in [0.15, 0.2) is 129 Å². The smallest absolute Gasteiger partial charge is 0.300 e. The number of guanidine groups is 1. The number of benzene rings is 4. The average molecular weight is 595 g/mol. The van der Waals surface area contributed by atoms with Gasteiger partial charge in [0.25, 0.3) is 6.03 Å². The van der Waals surface area contributed by atoms with Gasteiger partial charge in [-0.1, -0.05) is 60.7 Å². The Hall–Kier alpha value is -6.03. The maximum absolute atomic E-state index is 12.8. The summed E-state index contributed by atoms with van der Waals surface area (Å²) in [6, 6.07) is 27.2. The maximum atomic E-state index is 12.8. The van der Waals surface area contributed by atoms with Crippen molar-refractivity contribution in [3.05, 3.63) is 115 Å². The van der Waals surface area contributed by atoms with Crippen molar-refractivity contribution in [1.82, 2.24) is 9.80 Å². The molecular weight excluding hydrogens is 566 g/mol. The fourth-order valence-corrected chi connectivity index (χ4v) is 6.18. The fraction of sp³-hybridized carbons (Fsp3) is 0.114. The first-order chi connectivity index (χ1) is 22.0. The summed E-state index contributed by atoms with van der Waals surface area (Å²) >= 11 is 0. The predicted octanol–water partition coefficient (Wildman–Crippen LogP) is 8.62. The summed E-state index contributed by atoms with van der Waals surface area (Å²) in [5.41, 5.74) is 13.6. The summed E-state index contributed by atoms with van der Waals surface area (Å²) in [5, 5.41) is 4.17. The summed E-state index contributed by atoms with van der Waals surface area (Å²) in [6.07, 6.45) is 8.32. The molecule has 0 spiro atoms. The molecule has 2 atom stereocenters. The van der Waals surface area contributed by atoms with Crippen molar-refractivity contribution in [2.75, 3.05) is 9.80 Å². The largest absolute Gasteiger partial charge is 0.454 e. The van der Waals surface area contributed by atoms with Crippen LogP contribution in [0.3, 0.4) is 0 Å². The summed E-state index contributed by atoms with van der Waals surface area (Å²) < 4.78 is 12.4. The summed E-state index contributed by atoms with van der Waals surface area (Å²) in [4.78, 5) is 28.2. The zero-order valence-electron chi connectivity index (χ0n) is 24.5. The molecule has 10 nitrogen and oxygen atoms in total. The van der Waals surface area contributed by atoms with Crippen molar-refractivity contribution in [3.8, 4) is 0 Å². The highest BCUT2D eigenvalue weighted by atomic mass is 16.3. The standard InChI is InChI=1S/C35H29N7O3/c1-22-39(17-18-40(22)28-13-7-11-26-24-9-3-5-15-30(24)44-32(26)28)21-37-35(43)38-34(36)42-20-19-41(23(42)2)29-14-8-12-27-25-10-4-6-16-31(25)45-33(27)29/h3-23H,1-2H3,(H2,36,38,43)/p-1/b37-21+. The van der Waals surface area contributed by atoms with Gasteiger partial charge in [-0.2, -0.15) is 4.99 Å². The van der Waals surface area contributed by atoms with E-state index >= 15 is 0 Å². The topological polar surface area (TPSA) is 105 Å². The molecule has 0 aliphatic carbocycles. The van der Waals surface area contributed by atoms with Crippen molar-refractivity contribution in [3.63, 3.8) is 0 Å². The quantitative estimate of drug-likeness (QED) is 0.149. The molecule has 0 saturated heterocycles. The Kier molecular flexibility index (Phi) is 6.09. The number of carbonyl (C=O) groups is 1. The van der Waals surface area contributed by atoms with Crippen molar-refractivity contribution < 1.29 is 13.6 Å². The maximum Gasteiger partial charge on any atom is 0.300 e. The van der Waals surface area contributed by atoms with Crippen LogP contribution in [0.1, 0.15) is 13.8 Å². The van der Waals surface area contributed by atoms with Crippen molar-refractivity contribution in [2.24, 2.45) is 9.98 Å². The zero-order chi connectivity index (χ0) is 30.7. The van der Waals surface area contributed by atoms with Crippen LogP contribution >= 0.6 is 0 Å². The van der Waals surface area contributed by atoms with Gasteiger partial charge in [0.05, 0.1) is 17.5 Å². The number of para-hydroxylation sites is 4. The molecule has 2 aliphatic rings. The second-order valence-electron chi connectivity index (χ2n) is 11.0. The predicted molar refractivity (Wildman–Crippen MR) is 179 cm³/mol. The van der Waals surface area contributed by atoms with E-state index in [0.717, 1.165) is 55.3 Å². The Labute approximate surface area is 258 Å². The second-order valence-corrected chi connectivity index (χ2v) is 11.0. The van der Waals surface area contributed by atoms with Gasteiger partial charge in [-0.05, 0) is 44.3 Å². The number of anilines is 2. The van der Waals surface area contributed by atoms with Crippen LogP contribution in [-0.4, -0.2) is 40.5 Å². The molecule has 4 aromatic carbocycles. The normalized spacial score (nSPS) is 18.8. The van der Waals surface area contributed by atoms with Crippen LogP contribution in [0.25, 0.3) is 49.6 Å². The molecule has 2 unspecified atom stereocenters. The minimum Gasteiger partial charge on any atom is -0.454 e. The zero-order valence-corrected chi connectivity index (χ0v) is 24.5. The first kappa shape index (κ1) is 26.6. The van der Waals surface area contributed by atoms with E-state index in [1.807, 2.05) is 115 Å². The summed E-state index contributed by atoms with van der Waals surface area (Å²) in [7, 11) is 0. The van der Waals surface area contributed by atoms with E-state index < -0.39 is 6.03 Å². The Morgan fingerprint density at radius 2 is 1.22 bits per heavy atom. The van der Waals surface area contributed by atoms with E-state index in [2.05, 4.69) is 27.0 Å². The SMILES string of the molecule is CC1N(/C=N/C(=O)/N=C(\[NH-])N2C=CN(c3cccc4c3oc3ccccc34)C2C)C=CN1c1cccc2c1oc1ccccc12. The number of hydrogen-bond acceptors (Lipinski definition) is 5. The van der Waals surface area contributed by atoms with Gasteiger partial charge >= 0.3 is 0 Å². The Morgan fingerprint density at radius 1 is 0.689 bits per heavy atom. The molecule has 4 heterocycles. The third-order valence-corrected chi connectivity index (χ3v) is 8.50. The third-order valence-electron chi connectivity index (χ3n) is 8.50. The van der Waals surface area contributed by atoms with Gasteiger partial charge in [0.1, 0.15) is 23.7 Å². The summed E-state index contributed by atoms with van der Waals surface area (Å²) in [6.45, 7) is 3.94. The van der Waals surface area contributed by atoms with Crippen LogP contribution in [0.5, 0.6) is 0 Å². The molecule has 0 bridgehead atoms. The van der Waals surface area contributed by atoms with Gasteiger partial charge in [0, 0.05) is 46.1 Å². The van der Waals surface area contributed by atoms with Gasteiger partial charge < -0.3 is 39.2 Å². The molecular formula is C35H28N7O3-. The Bertz CT molecular complexity index is 2240. The third kappa shape index (κ3) is 4.29. The monoisotopic (exact) mass is 594 g/mol. The number of carbonyl (C=O) groups excluding carboxylic acids is 1. The molecule has 0 radical (unpaired) electrons. The van der Waals surface area contributed by atoms with Crippen LogP contribution in [0, 0.1) is 0 Å². The molecule has 0 saturated carbocycles. The highest BCUT2D eigenvalue weighted by Crippen LogP contribution is 2.38. The lowest BCUT2D eigenvalue weighted by Gasteiger charge is -2.34. The van der Waals surface area contributed by atoms with E-state index in [1.54, 1.807) is 11.1 Å². The molecule has 10 heteroatoms. The molecule has 45 heavy (non-hydrogen) atoms. The lowest BCUT2D eigenvalue weighted by atomic mass is 10.1. The number of urea groups is 1. The number of nitrogens with zero attached hydrogens (tertiary/aromatic N) is 6. The number of aliphatic imine (C=N–C) groups is 2. The van der Waals surface area contributed by atoms with Crippen LogP contribution in [0.2, 0.25) is 0 Å². The van der Waals surface area contributed by atoms with Crippen LogP contribution in [-0.2, 0) is 0 Å². The average Bonchev–Trinajstić information content (AvgIpc) is 3.82. The molecule has 1 N–H and O–H groups in total. The first-order valence-electron chi connectivity index (χ1n) is 14.7. The summed E-state index contributed by atoms with van der Waals surface area (Å²) in [5.74, 6) is -0.205. The van der Waals surface area contributed by atoms with Crippen molar-refractivity contribution in [2.45, 2.75) is 26.2 Å². The van der Waals surface area contributed by atoms with Crippen molar-refractivity contribution in [1.29, 1.82) is 0 Å². The van der Waals surface area contributed by atoms with E-state index in [9.17, 15) is 4.79 Å². The molecule has 2 amide bonds. The van der Waals surface area contributed by atoms with Gasteiger partial charge in [-0.3, -0.25) is 4.79 Å². The first-order valence-corrected chi connectivity index (χ1v) is 14.7. The number of hydrogen-bond donors (Lipinski definition) is 0. The van der Waals surface area contributed by atoms with Gasteiger partial charge in [-0.25, -0.2) is 0 Å². The fourth-order valence-electron chi connectivity index (χ4n) is 6.18. The van der Waals surface area contributed by atoms with E-state index in [0.29, 0.717) is 0 Å². The number of furan rings is 2. The molecule has 8 rings (SSSR count). The van der Waals surface area contributed by atoms with E-state index in [1.165, 1.54) is 6.34 Å². The lowest BCUT2D eigenvalue weighted by Crippen LogP contribution is -2.38. The second kappa shape index (κ2) is 10.3. The van der Waals surface area contributed by atoms with Gasteiger partial charge in [-0.15, -0.1) is 0 Å². The minimum atomic E-state index is -0.767.